The van der Waals surface area contributed by atoms with Crippen LogP contribution in [0.2, 0.25) is 0 Å². The maximum atomic E-state index is 13.4. The van der Waals surface area contributed by atoms with Crippen molar-refractivity contribution < 1.29 is 19.3 Å². The fourth-order valence-electron chi connectivity index (χ4n) is 3.23. The molecule has 0 amide bonds. The molecule has 0 aromatic heterocycles. The summed E-state index contributed by atoms with van der Waals surface area (Å²) in [7, 11) is -2.16. The minimum absolute atomic E-state index is 0.00452. The highest BCUT2D eigenvalue weighted by Gasteiger charge is 2.32. The molecular weight excluding hydrogens is 385 g/mol. The standard InChI is InChI=1S/C23H26NO4P/c1-28-22-16-20(12-13-21(22)25)23(24-17-19-10-6-3-7-11-19)29(26,27)15-14-18-8-4-2-5-9-18/h2-13,16,23-25H,14-15,17H2,1H3,(H,26,27). The number of aryl methyl sites for hydroxylation is 1. The zero-order valence-electron chi connectivity index (χ0n) is 16.4. The highest BCUT2D eigenvalue weighted by molar-refractivity contribution is 7.58. The van der Waals surface area contributed by atoms with Gasteiger partial charge in [-0.3, -0.25) is 9.88 Å². The van der Waals surface area contributed by atoms with Crippen molar-refractivity contribution in [3.63, 3.8) is 0 Å². The first-order valence-electron chi connectivity index (χ1n) is 9.49. The molecule has 3 aromatic carbocycles. The Bertz CT molecular complexity index is 963. The molecule has 2 unspecified atom stereocenters. The summed E-state index contributed by atoms with van der Waals surface area (Å²) in [5, 5.41) is 13.2. The first-order valence-corrected chi connectivity index (χ1v) is 11.4. The molecule has 0 aliphatic heterocycles. The van der Waals surface area contributed by atoms with Gasteiger partial charge in [-0.1, -0.05) is 66.7 Å². The van der Waals surface area contributed by atoms with Gasteiger partial charge in [-0.2, -0.15) is 0 Å². The van der Waals surface area contributed by atoms with Gasteiger partial charge in [0.15, 0.2) is 11.5 Å². The smallest absolute Gasteiger partial charge is 0.221 e. The molecule has 6 heteroatoms. The summed E-state index contributed by atoms with van der Waals surface area (Å²) in [6, 6.07) is 24.2. The monoisotopic (exact) mass is 411 g/mol. The van der Waals surface area contributed by atoms with E-state index in [2.05, 4.69) is 5.32 Å². The van der Waals surface area contributed by atoms with Crippen LogP contribution in [0.25, 0.3) is 0 Å². The van der Waals surface area contributed by atoms with Crippen molar-refractivity contribution in [2.45, 2.75) is 18.7 Å². The molecular formula is C23H26NO4P. The summed E-state index contributed by atoms with van der Waals surface area (Å²) in [4.78, 5) is 11.0. The van der Waals surface area contributed by atoms with E-state index in [9.17, 15) is 14.6 Å². The zero-order chi connectivity index (χ0) is 20.7. The lowest BCUT2D eigenvalue weighted by Gasteiger charge is -2.25. The Kier molecular flexibility index (Phi) is 7.10. The van der Waals surface area contributed by atoms with Crippen molar-refractivity contribution in [2.75, 3.05) is 13.3 Å². The van der Waals surface area contributed by atoms with Crippen molar-refractivity contribution in [3.8, 4) is 11.5 Å². The largest absolute Gasteiger partial charge is 0.504 e. The van der Waals surface area contributed by atoms with Crippen LogP contribution in [0.4, 0.5) is 0 Å². The van der Waals surface area contributed by atoms with Gasteiger partial charge in [-0.15, -0.1) is 0 Å². The van der Waals surface area contributed by atoms with Gasteiger partial charge < -0.3 is 14.7 Å². The van der Waals surface area contributed by atoms with E-state index < -0.39 is 13.2 Å². The van der Waals surface area contributed by atoms with Crippen LogP contribution in [0.15, 0.2) is 78.9 Å². The van der Waals surface area contributed by atoms with Crippen LogP contribution >= 0.6 is 7.37 Å². The van der Waals surface area contributed by atoms with E-state index in [1.54, 1.807) is 12.1 Å². The van der Waals surface area contributed by atoms with Crippen LogP contribution in [0.3, 0.4) is 0 Å². The average molecular weight is 411 g/mol. The predicted molar refractivity (Wildman–Crippen MR) is 116 cm³/mol. The molecule has 0 aliphatic rings. The van der Waals surface area contributed by atoms with E-state index in [0.29, 0.717) is 18.5 Å². The highest BCUT2D eigenvalue weighted by Crippen LogP contribution is 2.55. The second-order valence-corrected chi connectivity index (χ2v) is 9.39. The Balaban J connectivity index is 1.85. The topological polar surface area (TPSA) is 78.8 Å². The van der Waals surface area contributed by atoms with Crippen molar-refractivity contribution in [1.29, 1.82) is 0 Å². The first kappa shape index (κ1) is 21.1. The number of nitrogens with one attached hydrogen (secondary N) is 1. The molecule has 0 spiro atoms. The average Bonchev–Trinajstić information content (AvgIpc) is 2.75. The summed E-state index contributed by atoms with van der Waals surface area (Å²) in [5.41, 5.74) is 2.65. The van der Waals surface area contributed by atoms with Crippen molar-refractivity contribution in [3.05, 3.63) is 95.6 Å². The fraction of sp³-hybridized carbons (Fsp3) is 0.217. The summed E-state index contributed by atoms with van der Waals surface area (Å²) in [6.45, 7) is 0.449. The molecule has 0 saturated carbocycles. The van der Waals surface area contributed by atoms with Crippen molar-refractivity contribution in [2.24, 2.45) is 0 Å². The van der Waals surface area contributed by atoms with Crippen LogP contribution in [0.5, 0.6) is 11.5 Å². The number of hydrogen-bond donors (Lipinski definition) is 3. The summed E-state index contributed by atoms with van der Waals surface area (Å²) in [6.07, 6.45) is 0.653. The van der Waals surface area contributed by atoms with Crippen LogP contribution in [-0.2, 0) is 17.5 Å². The maximum Gasteiger partial charge on any atom is 0.221 e. The third-order valence-electron chi connectivity index (χ3n) is 4.83. The number of phenols is 1. The Hall–Kier alpha value is -2.59. The van der Waals surface area contributed by atoms with E-state index in [1.807, 2.05) is 60.7 Å². The minimum Gasteiger partial charge on any atom is -0.504 e. The number of rotatable bonds is 9. The number of benzene rings is 3. The van der Waals surface area contributed by atoms with E-state index in [4.69, 9.17) is 4.74 Å². The maximum absolute atomic E-state index is 13.4. The molecule has 0 aliphatic carbocycles. The van der Waals surface area contributed by atoms with Gasteiger partial charge in [0.25, 0.3) is 0 Å². The quantitative estimate of drug-likeness (QED) is 0.445. The Morgan fingerprint density at radius 3 is 2.21 bits per heavy atom. The molecule has 0 heterocycles. The predicted octanol–water partition coefficient (Wildman–Crippen LogP) is 4.70. The second kappa shape index (κ2) is 9.75. The Labute approximate surface area is 171 Å². The van der Waals surface area contributed by atoms with Crippen LogP contribution in [0, 0.1) is 0 Å². The number of ether oxygens (including phenoxy) is 1. The molecule has 3 rings (SSSR count). The third kappa shape index (κ3) is 5.70. The molecule has 2 atom stereocenters. The normalized spacial score (nSPS) is 14.1. The zero-order valence-corrected chi connectivity index (χ0v) is 17.3. The van der Waals surface area contributed by atoms with E-state index >= 15 is 0 Å². The molecule has 0 radical (unpaired) electrons. The van der Waals surface area contributed by atoms with E-state index in [-0.39, 0.29) is 17.7 Å². The summed E-state index contributed by atoms with van der Waals surface area (Å²) in [5.74, 6) is -0.506. The lowest BCUT2D eigenvalue weighted by Crippen LogP contribution is -2.22. The number of hydrogen-bond acceptors (Lipinski definition) is 4. The molecule has 152 valence electrons. The van der Waals surface area contributed by atoms with Crippen LogP contribution in [-0.4, -0.2) is 23.3 Å². The van der Waals surface area contributed by atoms with Crippen molar-refractivity contribution >= 4 is 7.37 Å². The highest BCUT2D eigenvalue weighted by atomic mass is 31.2. The number of aromatic hydroxyl groups is 1. The summed E-state index contributed by atoms with van der Waals surface area (Å²) >= 11 is 0. The number of methoxy groups -OCH3 is 1. The van der Waals surface area contributed by atoms with Gasteiger partial charge in [0.1, 0.15) is 5.78 Å². The molecule has 3 N–H and O–H groups in total. The van der Waals surface area contributed by atoms with Gasteiger partial charge in [0.2, 0.25) is 7.37 Å². The molecule has 0 fully saturated rings. The van der Waals surface area contributed by atoms with Crippen LogP contribution in [0.1, 0.15) is 22.5 Å². The van der Waals surface area contributed by atoms with Gasteiger partial charge in [0, 0.05) is 12.7 Å². The van der Waals surface area contributed by atoms with Crippen molar-refractivity contribution in [1.82, 2.24) is 5.32 Å². The van der Waals surface area contributed by atoms with E-state index in [0.717, 1.165) is 11.1 Å². The van der Waals surface area contributed by atoms with E-state index in [1.165, 1.54) is 13.2 Å². The lowest BCUT2D eigenvalue weighted by molar-refractivity contribution is 0.372. The molecule has 0 bridgehead atoms. The molecule has 5 nitrogen and oxygen atoms in total. The fourth-order valence-corrected chi connectivity index (χ4v) is 5.07. The van der Waals surface area contributed by atoms with Gasteiger partial charge in [-0.25, -0.2) is 0 Å². The molecule has 0 saturated heterocycles. The molecule has 3 aromatic rings. The third-order valence-corrected chi connectivity index (χ3v) is 6.98. The SMILES string of the molecule is COc1cc(C(NCc2ccccc2)P(=O)(O)CCc2ccccc2)ccc1O. The lowest BCUT2D eigenvalue weighted by atomic mass is 10.2. The molecule has 29 heavy (non-hydrogen) atoms. The first-order chi connectivity index (χ1) is 14.0. The minimum atomic E-state index is -3.62. The van der Waals surface area contributed by atoms with Gasteiger partial charge in [0.05, 0.1) is 7.11 Å². The Morgan fingerprint density at radius 1 is 0.966 bits per heavy atom. The second-order valence-electron chi connectivity index (χ2n) is 6.92. The Morgan fingerprint density at radius 2 is 1.59 bits per heavy atom. The summed E-state index contributed by atoms with van der Waals surface area (Å²) < 4.78 is 18.6. The van der Waals surface area contributed by atoms with Gasteiger partial charge in [-0.05, 0) is 35.2 Å². The number of phenolic OH excluding ortho intramolecular Hbond substituents is 1. The van der Waals surface area contributed by atoms with Gasteiger partial charge >= 0.3 is 0 Å². The van der Waals surface area contributed by atoms with Crippen LogP contribution < -0.4 is 10.1 Å².